The molecule has 0 aliphatic carbocycles. The number of phenolic OH excluding ortho intramolecular Hbond substituents is 1. The van der Waals surface area contributed by atoms with E-state index in [1.165, 1.54) is 18.3 Å². The molecule has 0 aromatic heterocycles. The Bertz CT molecular complexity index is 341. The lowest BCUT2D eigenvalue weighted by molar-refractivity contribution is 0.0970. The summed E-state index contributed by atoms with van der Waals surface area (Å²) >= 11 is 0. The van der Waals surface area contributed by atoms with Gasteiger partial charge in [0.05, 0.1) is 5.56 Å². The number of carbonyl (C=O) groups is 1. The summed E-state index contributed by atoms with van der Waals surface area (Å²) in [5.74, 6) is -0.735. The van der Waals surface area contributed by atoms with Crippen molar-refractivity contribution in [1.82, 2.24) is 5.32 Å². The van der Waals surface area contributed by atoms with Gasteiger partial charge in [-0.1, -0.05) is 12.1 Å². The van der Waals surface area contributed by atoms with Crippen LogP contribution in [0.25, 0.3) is 0 Å². The van der Waals surface area contributed by atoms with Crippen LogP contribution in [-0.2, 0) is 0 Å². The fourth-order valence-corrected chi connectivity index (χ4v) is 0.784. The van der Waals surface area contributed by atoms with Gasteiger partial charge in [0, 0.05) is 0 Å². The molecule has 4 nitrogen and oxygen atoms in total. The van der Waals surface area contributed by atoms with E-state index in [4.69, 9.17) is 10.4 Å². The number of phenols is 1. The highest BCUT2D eigenvalue weighted by molar-refractivity contribution is 5.97. The molecule has 0 atom stereocenters. The molecule has 0 aliphatic rings. The Hall–Kier alpha value is -2.02. The predicted octanol–water partition coefficient (Wildman–Crippen LogP) is 0.603. The van der Waals surface area contributed by atoms with Crippen LogP contribution in [0.1, 0.15) is 10.4 Å². The van der Waals surface area contributed by atoms with Crippen molar-refractivity contribution in [3.63, 3.8) is 0 Å². The third-order valence-corrected chi connectivity index (χ3v) is 1.32. The molecule has 0 bridgehead atoms. The maximum absolute atomic E-state index is 11.0. The van der Waals surface area contributed by atoms with E-state index in [0.29, 0.717) is 0 Å². The Morgan fingerprint density at radius 2 is 2.17 bits per heavy atom. The fourth-order valence-electron chi connectivity index (χ4n) is 0.784. The van der Waals surface area contributed by atoms with E-state index in [0.717, 1.165) is 0 Å². The normalized spacial score (nSPS) is 8.58. The lowest BCUT2D eigenvalue weighted by Crippen LogP contribution is -2.17. The van der Waals surface area contributed by atoms with Crippen molar-refractivity contribution >= 4 is 5.91 Å². The minimum absolute atomic E-state index is 0.0963. The van der Waals surface area contributed by atoms with Gasteiger partial charge in [-0.05, 0) is 12.1 Å². The number of aromatic hydroxyl groups is 1. The summed E-state index contributed by atoms with van der Waals surface area (Å²) < 4.78 is 0. The molecule has 0 radical (unpaired) electrons. The first-order valence-corrected chi connectivity index (χ1v) is 3.23. The second-order valence-electron chi connectivity index (χ2n) is 2.08. The molecule has 0 heterocycles. The summed E-state index contributed by atoms with van der Waals surface area (Å²) in [6.07, 6.45) is 1.48. The van der Waals surface area contributed by atoms with Crippen molar-refractivity contribution in [3.8, 4) is 11.9 Å². The highest BCUT2D eigenvalue weighted by atomic mass is 16.3. The van der Waals surface area contributed by atoms with Gasteiger partial charge in [-0.25, -0.2) is 0 Å². The quantitative estimate of drug-likeness (QED) is 0.469. The minimum atomic E-state index is -0.601. The highest BCUT2D eigenvalue weighted by Gasteiger charge is 2.07. The maximum Gasteiger partial charge on any atom is 0.268 e. The van der Waals surface area contributed by atoms with Crippen molar-refractivity contribution in [2.45, 2.75) is 0 Å². The molecule has 0 spiro atoms. The third-order valence-electron chi connectivity index (χ3n) is 1.32. The van der Waals surface area contributed by atoms with Crippen LogP contribution < -0.4 is 5.32 Å². The number of rotatable bonds is 1. The van der Waals surface area contributed by atoms with Gasteiger partial charge in [-0.3, -0.25) is 10.1 Å². The summed E-state index contributed by atoms with van der Waals surface area (Å²) in [5, 5.41) is 19.2. The molecule has 0 saturated carbocycles. The topological polar surface area (TPSA) is 73.1 Å². The van der Waals surface area contributed by atoms with E-state index < -0.39 is 5.91 Å². The van der Waals surface area contributed by atoms with E-state index in [-0.39, 0.29) is 11.3 Å². The summed E-state index contributed by atoms with van der Waals surface area (Å²) in [6.45, 7) is 0. The predicted molar refractivity (Wildman–Crippen MR) is 41.2 cm³/mol. The molecule has 0 unspecified atom stereocenters. The molecule has 60 valence electrons. The number of carbonyl (C=O) groups excluding carboxylic acids is 1. The summed E-state index contributed by atoms with van der Waals surface area (Å²) in [5.41, 5.74) is 0.0963. The zero-order chi connectivity index (χ0) is 8.97. The molecule has 12 heavy (non-hydrogen) atoms. The first-order valence-electron chi connectivity index (χ1n) is 3.23. The average Bonchev–Trinajstić information content (AvgIpc) is 2.05. The Morgan fingerprint density at radius 1 is 1.50 bits per heavy atom. The first kappa shape index (κ1) is 8.08. The Kier molecular flexibility index (Phi) is 2.29. The first-order chi connectivity index (χ1) is 5.75. The monoisotopic (exact) mass is 162 g/mol. The number of hydrogen-bond donors (Lipinski definition) is 2. The third kappa shape index (κ3) is 1.52. The van der Waals surface area contributed by atoms with E-state index >= 15 is 0 Å². The number of amides is 1. The molecule has 0 fully saturated rings. The smallest absolute Gasteiger partial charge is 0.268 e. The Morgan fingerprint density at radius 3 is 2.75 bits per heavy atom. The maximum atomic E-state index is 11.0. The summed E-state index contributed by atoms with van der Waals surface area (Å²) in [6, 6.07) is 6.01. The van der Waals surface area contributed by atoms with Crippen LogP contribution in [0.4, 0.5) is 0 Å². The lowest BCUT2D eigenvalue weighted by atomic mass is 10.2. The Balaban J connectivity index is 2.97. The van der Waals surface area contributed by atoms with Crippen LogP contribution in [0, 0.1) is 11.5 Å². The van der Waals surface area contributed by atoms with Crippen LogP contribution in [0.2, 0.25) is 0 Å². The highest BCUT2D eigenvalue weighted by Crippen LogP contribution is 2.14. The molecule has 1 aromatic rings. The average molecular weight is 162 g/mol. The number of benzene rings is 1. The van der Waals surface area contributed by atoms with Gasteiger partial charge >= 0.3 is 0 Å². The van der Waals surface area contributed by atoms with Crippen molar-refractivity contribution in [2.75, 3.05) is 0 Å². The molecule has 0 saturated heterocycles. The van der Waals surface area contributed by atoms with Gasteiger partial charge in [-0.15, -0.1) is 0 Å². The number of hydrogen-bond acceptors (Lipinski definition) is 3. The second kappa shape index (κ2) is 3.39. The zero-order valence-electron chi connectivity index (χ0n) is 6.11. The van der Waals surface area contributed by atoms with Gasteiger partial charge < -0.3 is 5.11 Å². The fraction of sp³-hybridized carbons (Fsp3) is 0. The van der Waals surface area contributed by atoms with Crippen LogP contribution in [0.3, 0.4) is 0 Å². The molecule has 4 heteroatoms. The van der Waals surface area contributed by atoms with Gasteiger partial charge in [0.15, 0.2) is 6.19 Å². The summed E-state index contributed by atoms with van der Waals surface area (Å²) in [4.78, 5) is 11.0. The molecule has 1 rings (SSSR count). The lowest BCUT2D eigenvalue weighted by Gasteiger charge is -1.99. The number of nitrogens with one attached hydrogen (secondary N) is 1. The number of nitrogens with zero attached hydrogens (tertiary/aromatic N) is 1. The largest absolute Gasteiger partial charge is 0.507 e. The number of para-hydroxylation sites is 1. The van der Waals surface area contributed by atoms with Crippen LogP contribution in [-0.4, -0.2) is 11.0 Å². The van der Waals surface area contributed by atoms with Crippen molar-refractivity contribution in [1.29, 1.82) is 5.26 Å². The molecule has 2 N–H and O–H groups in total. The van der Waals surface area contributed by atoms with Crippen molar-refractivity contribution in [2.24, 2.45) is 0 Å². The standard InChI is InChI=1S/C8H6N2O2/c9-5-10-8(12)6-3-1-2-4-7(6)11/h1-4,11H,(H,10,12). The van der Waals surface area contributed by atoms with E-state index in [9.17, 15) is 4.79 Å². The van der Waals surface area contributed by atoms with Gasteiger partial charge in [0.2, 0.25) is 0 Å². The van der Waals surface area contributed by atoms with Crippen molar-refractivity contribution < 1.29 is 9.90 Å². The number of nitriles is 1. The van der Waals surface area contributed by atoms with Crippen molar-refractivity contribution in [3.05, 3.63) is 29.8 Å². The SMILES string of the molecule is N#CNC(=O)c1ccccc1O. The molecule has 1 amide bonds. The zero-order valence-corrected chi connectivity index (χ0v) is 6.11. The van der Waals surface area contributed by atoms with Gasteiger partial charge in [0.1, 0.15) is 5.75 Å². The molecular weight excluding hydrogens is 156 g/mol. The van der Waals surface area contributed by atoms with Gasteiger partial charge in [-0.2, -0.15) is 5.26 Å². The molecule has 0 aliphatic heterocycles. The van der Waals surface area contributed by atoms with Gasteiger partial charge in [0.25, 0.3) is 5.91 Å². The van der Waals surface area contributed by atoms with E-state index in [1.807, 2.05) is 5.32 Å². The minimum Gasteiger partial charge on any atom is -0.507 e. The second-order valence-corrected chi connectivity index (χ2v) is 2.08. The molecule has 1 aromatic carbocycles. The Labute approximate surface area is 69.1 Å². The molecular formula is C8H6N2O2. The van der Waals surface area contributed by atoms with Crippen LogP contribution >= 0.6 is 0 Å². The van der Waals surface area contributed by atoms with Crippen LogP contribution in [0.15, 0.2) is 24.3 Å². The van der Waals surface area contributed by atoms with Crippen LogP contribution in [0.5, 0.6) is 5.75 Å². The van der Waals surface area contributed by atoms with E-state index in [1.54, 1.807) is 12.1 Å². The van der Waals surface area contributed by atoms with E-state index in [2.05, 4.69) is 0 Å². The summed E-state index contributed by atoms with van der Waals surface area (Å²) in [7, 11) is 0.